The largest absolute Gasteiger partial charge is 0.507 e. The van der Waals surface area contributed by atoms with E-state index in [-0.39, 0.29) is 11.3 Å². The van der Waals surface area contributed by atoms with Crippen LogP contribution in [-0.2, 0) is 9.53 Å². The molecule has 152 valence electrons. The number of carbonyl (C=O) groups is 2. The smallest absolute Gasteiger partial charge is 0.342 e. The number of fused-ring (bicyclic) bond motifs is 1. The molecule has 1 amide bonds. The Morgan fingerprint density at radius 1 is 1.10 bits per heavy atom. The van der Waals surface area contributed by atoms with Gasteiger partial charge in [0.25, 0.3) is 11.7 Å². The Hall–Kier alpha value is -3.42. The fourth-order valence-corrected chi connectivity index (χ4v) is 3.50. The molecular weight excluding hydrogens is 378 g/mol. The van der Waals surface area contributed by atoms with Crippen LogP contribution in [-0.4, -0.2) is 36.5 Å². The van der Waals surface area contributed by atoms with Crippen molar-refractivity contribution in [3.05, 3.63) is 42.0 Å². The molecule has 8 heteroatoms. The van der Waals surface area contributed by atoms with Gasteiger partial charge < -0.3 is 29.4 Å². The van der Waals surface area contributed by atoms with Gasteiger partial charge in [-0.25, -0.2) is 4.79 Å². The van der Waals surface area contributed by atoms with Crippen molar-refractivity contribution in [1.29, 1.82) is 0 Å². The number of methoxy groups -OCH3 is 1. The predicted molar refractivity (Wildman–Crippen MR) is 102 cm³/mol. The molecular formula is C21H21NO7. The molecule has 8 nitrogen and oxygen atoms in total. The van der Waals surface area contributed by atoms with E-state index in [2.05, 4.69) is 5.32 Å². The first-order chi connectivity index (χ1) is 14.0. The lowest BCUT2D eigenvalue weighted by Crippen LogP contribution is -2.34. The molecule has 2 aromatic carbocycles. The van der Waals surface area contributed by atoms with Gasteiger partial charge in [0, 0.05) is 24.6 Å². The van der Waals surface area contributed by atoms with Crippen molar-refractivity contribution in [2.45, 2.75) is 31.5 Å². The summed E-state index contributed by atoms with van der Waals surface area (Å²) in [6, 6.07) is 9.30. The van der Waals surface area contributed by atoms with Crippen LogP contribution in [0.15, 0.2) is 36.4 Å². The second-order valence-corrected chi connectivity index (χ2v) is 6.99. The number of phenolic OH excluding ortho intramolecular Hbond substituents is 1. The quantitative estimate of drug-likeness (QED) is 0.744. The van der Waals surface area contributed by atoms with Crippen LogP contribution >= 0.6 is 0 Å². The summed E-state index contributed by atoms with van der Waals surface area (Å²) in [6.07, 6.45) is 3.81. The second kappa shape index (κ2) is 7.54. The van der Waals surface area contributed by atoms with Gasteiger partial charge in [-0.05, 0) is 43.2 Å². The maximum Gasteiger partial charge on any atom is 0.342 e. The fraction of sp³-hybridized carbons (Fsp3) is 0.333. The monoisotopic (exact) mass is 399 g/mol. The van der Waals surface area contributed by atoms with E-state index in [0.717, 1.165) is 25.7 Å². The van der Waals surface area contributed by atoms with Crippen molar-refractivity contribution in [2.24, 2.45) is 0 Å². The Labute approximate surface area is 167 Å². The summed E-state index contributed by atoms with van der Waals surface area (Å²) in [6.45, 7) is -0.506. The van der Waals surface area contributed by atoms with Crippen molar-refractivity contribution in [2.75, 3.05) is 19.0 Å². The summed E-state index contributed by atoms with van der Waals surface area (Å²) in [5.41, 5.74) is 0.426. The molecule has 2 N–H and O–H groups in total. The van der Waals surface area contributed by atoms with Crippen molar-refractivity contribution in [1.82, 2.24) is 0 Å². The lowest BCUT2D eigenvalue weighted by atomic mass is 10.2. The van der Waals surface area contributed by atoms with Crippen LogP contribution < -0.4 is 19.5 Å². The molecule has 1 saturated carbocycles. The van der Waals surface area contributed by atoms with Crippen molar-refractivity contribution >= 4 is 17.6 Å². The van der Waals surface area contributed by atoms with Crippen LogP contribution in [0.25, 0.3) is 0 Å². The molecule has 2 aliphatic rings. The summed E-state index contributed by atoms with van der Waals surface area (Å²) < 4.78 is 21.9. The first-order valence-corrected chi connectivity index (χ1v) is 9.34. The van der Waals surface area contributed by atoms with Crippen LogP contribution in [0.2, 0.25) is 0 Å². The van der Waals surface area contributed by atoms with Crippen LogP contribution in [0.5, 0.6) is 23.0 Å². The number of nitrogens with one attached hydrogen (secondary N) is 1. The number of phenols is 1. The molecule has 1 fully saturated rings. The van der Waals surface area contributed by atoms with E-state index < -0.39 is 24.3 Å². The van der Waals surface area contributed by atoms with Gasteiger partial charge in [-0.3, -0.25) is 4.79 Å². The highest BCUT2D eigenvalue weighted by Crippen LogP contribution is 2.47. The van der Waals surface area contributed by atoms with Crippen LogP contribution in [0.4, 0.5) is 5.69 Å². The zero-order chi connectivity index (χ0) is 20.4. The number of hydrogen-bond acceptors (Lipinski definition) is 7. The first kappa shape index (κ1) is 18.9. The van der Waals surface area contributed by atoms with Gasteiger partial charge >= 0.3 is 5.97 Å². The predicted octanol–water partition coefficient (Wildman–Crippen LogP) is 3.24. The molecule has 1 aliphatic heterocycles. The molecule has 1 spiro atoms. The summed E-state index contributed by atoms with van der Waals surface area (Å²) >= 11 is 0. The average Bonchev–Trinajstić information content (AvgIpc) is 3.32. The van der Waals surface area contributed by atoms with Gasteiger partial charge in [-0.2, -0.15) is 0 Å². The van der Waals surface area contributed by atoms with Crippen molar-refractivity contribution in [3.63, 3.8) is 0 Å². The average molecular weight is 399 g/mol. The molecule has 0 bridgehead atoms. The minimum absolute atomic E-state index is 0.0814. The molecule has 0 radical (unpaired) electrons. The molecule has 2 aromatic rings. The highest BCUT2D eigenvalue weighted by molar-refractivity contribution is 5.97. The normalized spacial score (nSPS) is 15.9. The zero-order valence-corrected chi connectivity index (χ0v) is 15.9. The van der Waals surface area contributed by atoms with E-state index in [1.165, 1.54) is 25.3 Å². The van der Waals surface area contributed by atoms with Gasteiger partial charge in [0.1, 0.15) is 17.1 Å². The molecule has 0 aromatic heterocycles. The van der Waals surface area contributed by atoms with Gasteiger partial charge in [-0.15, -0.1) is 0 Å². The number of aromatic hydroxyl groups is 1. The van der Waals surface area contributed by atoms with Crippen LogP contribution in [0.1, 0.15) is 36.0 Å². The molecule has 1 aliphatic carbocycles. The van der Waals surface area contributed by atoms with E-state index >= 15 is 0 Å². The van der Waals surface area contributed by atoms with Gasteiger partial charge in [0.15, 0.2) is 18.1 Å². The van der Waals surface area contributed by atoms with Crippen LogP contribution in [0.3, 0.4) is 0 Å². The molecule has 4 rings (SSSR count). The second-order valence-electron chi connectivity index (χ2n) is 6.99. The Balaban J connectivity index is 1.34. The maximum absolute atomic E-state index is 12.2. The van der Waals surface area contributed by atoms with E-state index in [1.807, 2.05) is 0 Å². The number of amides is 1. The number of rotatable bonds is 5. The number of carbonyl (C=O) groups excluding carboxylic acids is 2. The molecule has 0 unspecified atom stereocenters. The third-order valence-corrected chi connectivity index (χ3v) is 4.94. The number of benzene rings is 2. The third-order valence-electron chi connectivity index (χ3n) is 4.94. The summed E-state index contributed by atoms with van der Waals surface area (Å²) in [5.74, 6) is -0.542. The highest BCUT2D eigenvalue weighted by Gasteiger charge is 2.44. The third kappa shape index (κ3) is 3.91. The lowest BCUT2D eigenvalue weighted by Gasteiger charge is -2.21. The summed E-state index contributed by atoms with van der Waals surface area (Å²) in [4.78, 5) is 24.3. The number of esters is 1. The van der Waals surface area contributed by atoms with Gasteiger partial charge in [0.05, 0.1) is 7.11 Å². The SMILES string of the molecule is COc1ccc(O)c(C(=O)OCC(=O)Nc2ccc3c(c2)OC2(CCCC2)O3)c1. The van der Waals surface area contributed by atoms with E-state index in [1.54, 1.807) is 18.2 Å². The topological polar surface area (TPSA) is 103 Å². The fourth-order valence-electron chi connectivity index (χ4n) is 3.50. The molecule has 0 atom stereocenters. The van der Waals surface area contributed by atoms with E-state index in [9.17, 15) is 14.7 Å². The number of ether oxygens (including phenoxy) is 4. The zero-order valence-electron chi connectivity index (χ0n) is 15.9. The maximum atomic E-state index is 12.2. The highest BCUT2D eigenvalue weighted by atomic mass is 16.7. The Morgan fingerprint density at radius 3 is 2.62 bits per heavy atom. The number of hydrogen-bond donors (Lipinski definition) is 2. The Bertz CT molecular complexity index is 950. The van der Waals surface area contributed by atoms with Gasteiger partial charge in [-0.1, -0.05) is 0 Å². The van der Waals surface area contributed by atoms with Gasteiger partial charge in [0.2, 0.25) is 0 Å². The molecule has 0 saturated heterocycles. The number of anilines is 1. The van der Waals surface area contributed by atoms with E-state index in [0.29, 0.717) is 22.9 Å². The lowest BCUT2D eigenvalue weighted by molar-refractivity contribution is -0.119. The summed E-state index contributed by atoms with van der Waals surface area (Å²) in [7, 11) is 1.44. The van der Waals surface area contributed by atoms with Crippen LogP contribution in [0, 0.1) is 0 Å². The van der Waals surface area contributed by atoms with Crippen molar-refractivity contribution in [3.8, 4) is 23.0 Å². The Morgan fingerprint density at radius 2 is 1.86 bits per heavy atom. The first-order valence-electron chi connectivity index (χ1n) is 9.34. The minimum atomic E-state index is -0.828. The summed E-state index contributed by atoms with van der Waals surface area (Å²) in [5, 5.41) is 12.5. The standard InChI is InChI=1S/C21H21NO7/c1-26-14-5-6-16(23)15(11-14)20(25)27-12-19(24)22-13-4-7-17-18(10-13)29-21(28-17)8-2-3-9-21/h4-7,10-11,23H,2-3,8-9,12H2,1H3,(H,22,24). The minimum Gasteiger partial charge on any atom is -0.507 e. The molecule has 1 heterocycles. The molecule has 29 heavy (non-hydrogen) atoms. The van der Waals surface area contributed by atoms with E-state index in [4.69, 9.17) is 18.9 Å². The Kier molecular flexibility index (Phi) is 4.92. The van der Waals surface area contributed by atoms with Crippen molar-refractivity contribution < 1.29 is 33.6 Å².